The summed E-state index contributed by atoms with van der Waals surface area (Å²) < 4.78 is 184. The van der Waals surface area contributed by atoms with Crippen LogP contribution in [0.25, 0.3) is 0 Å². The SMILES string of the molecule is [2H]C([2H])([2H])O[C@]1(C(F)(F)F)CCc2c(S(=O)(=O)Nc3cc(F)c(C(F)(F)F)nc3OC)cn(S(=O)(=O)c3ccc(C)cc3)c2C1. The molecule has 0 bridgehead atoms. The topological polar surface area (TPSA) is 117 Å². The summed E-state index contributed by atoms with van der Waals surface area (Å²) in [4.78, 5) is 1.54. The molecular formula is C24H22F7N3O6S2. The lowest BCUT2D eigenvalue weighted by Gasteiger charge is -2.38. The Morgan fingerprint density at radius 1 is 1.10 bits per heavy atom. The first-order chi connectivity index (χ1) is 20.4. The zero-order chi connectivity index (χ0) is 34.0. The summed E-state index contributed by atoms with van der Waals surface area (Å²) in [5.74, 6) is -3.03. The molecule has 0 amide bonds. The number of hydrogen-bond donors (Lipinski definition) is 1. The third kappa shape index (κ3) is 5.42. The number of benzene rings is 1. The fraction of sp³-hybridized carbons (Fsp3) is 0.375. The third-order valence-corrected chi connectivity index (χ3v) is 9.74. The van der Waals surface area contributed by atoms with E-state index in [2.05, 4.69) is 14.5 Å². The number of hydrogen-bond acceptors (Lipinski definition) is 7. The molecule has 1 N–H and O–H groups in total. The molecule has 1 aliphatic rings. The molecule has 3 aromatic rings. The van der Waals surface area contributed by atoms with Gasteiger partial charge in [-0.05, 0) is 37.5 Å². The Hall–Kier alpha value is -3.38. The second-order valence-electron chi connectivity index (χ2n) is 9.28. The molecule has 9 nitrogen and oxygen atoms in total. The van der Waals surface area contributed by atoms with Crippen LogP contribution in [0.4, 0.5) is 36.4 Å². The second-order valence-corrected chi connectivity index (χ2v) is 12.7. The highest BCUT2D eigenvalue weighted by Gasteiger charge is 2.58. The van der Waals surface area contributed by atoms with Gasteiger partial charge >= 0.3 is 12.4 Å². The fourth-order valence-corrected chi connectivity index (χ4v) is 7.25. The first-order valence-electron chi connectivity index (χ1n) is 13.1. The molecule has 0 aliphatic heterocycles. The lowest BCUT2D eigenvalue weighted by atomic mass is 9.83. The highest BCUT2D eigenvalue weighted by atomic mass is 32.2. The smallest absolute Gasteiger partial charge is 0.436 e. The van der Waals surface area contributed by atoms with Crippen LogP contribution >= 0.6 is 0 Å². The molecule has 0 unspecified atom stereocenters. The van der Waals surface area contributed by atoms with E-state index in [1.165, 1.54) is 12.1 Å². The van der Waals surface area contributed by atoms with Crippen molar-refractivity contribution in [3.63, 3.8) is 0 Å². The minimum atomic E-state index is -5.38. The number of anilines is 1. The molecule has 4 rings (SSSR count). The molecular weight excluding hydrogens is 623 g/mol. The van der Waals surface area contributed by atoms with Crippen molar-refractivity contribution in [2.75, 3.05) is 18.9 Å². The molecule has 2 heterocycles. The van der Waals surface area contributed by atoms with E-state index >= 15 is 0 Å². The highest BCUT2D eigenvalue weighted by Crippen LogP contribution is 2.46. The summed E-state index contributed by atoms with van der Waals surface area (Å²) in [5.41, 5.74) is -7.13. The highest BCUT2D eigenvalue weighted by molar-refractivity contribution is 7.93. The Kier molecular flexibility index (Phi) is 6.80. The standard InChI is InChI=1S/C24H22F7N3O6S2/c1-13-4-6-14(7-5-13)42(37,38)34-12-19(15-8-9-22(40-3,11-18(15)34)24(29,30)31)41(35,36)33-17-10-16(25)20(23(26,27)28)32-21(17)39-2/h4-7,10,12,33H,8-9,11H2,1-3H3/t22-/m1/s1/i3D3. The summed E-state index contributed by atoms with van der Waals surface area (Å²) in [5, 5.41) is 0. The van der Waals surface area contributed by atoms with Gasteiger partial charge in [0.2, 0.25) is 5.88 Å². The summed E-state index contributed by atoms with van der Waals surface area (Å²) in [7, 11) is -12.8. The van der Waals surface area contributed by atoms with Crippen molar-refractivity contribution < 1.29 is 61.2 Å². The van der Waals surface area contributed by atoms with Crippen LogP contribution < -0.4 is 9.46 Å². The second kappa shape index (κ2) is 10.4. The van der Waals surface area contributed by atoms with E-state index in [9.17, 15) is 47.6 Å². The predicted octanol–water partition coefficient (Wildman–Crippen LogP) is 4.83. The van der Waals surface area contributed by atoms with E-state index in [4.69, 9.17) is 4.11 Å². The number of methoxy groups -OCH3 is 2. The van der Waals surface area contributed by atoms with Gasteiger partial charge in [0, 0.05) is 31.4 Å². The molecule has 1 atom stereocenters. The largest absolute Gasteiger partial charge is 0.479 e. The van der Waals surface area contributed by atoms with Gasteiger partial charge in [-0.2, -0.15) is 26.3 Å². The minimum absolute atomic E-state index is 0.109. The molecule has 230 valence electrons. The van der Waals surface area contributed by atoms with Gasteiger partial charge in [0.25, 0.3) is 20.0 Å². The van der Waals surface area contributed by atoms with Crippen molar-refractivity contribution in [1.29, 1.82) is 0 Å². The van der Waals surface area contributed by atoms with Crippen LogP contribution in [0.5, 0.6) is 5.88 Å². The van der Waals surface area contributed by atoms with Crippen molar-refractivity contribution in [3.8, 4) is 5.88 Å². The predicted molar refractivity (Wildman–Crippen MR) is 133 cm³/mol. The summed E-state index contributed by atoms with van der Waals surface area (Å²) >= 11 is 0. The lowest BCUT2D eigenvalue weighted by Crippen LogP contribution is -2.51. The van der Waals surface area contributed by atoms with E-state index in [1.54, 1.807) is 11.6 Å². The van der Waals surface area contributed by atoms with Gasteiger partial charge in [-0.1, -0.05) is 17.7 Å². The van der Waals surface area contributed by atoms with Crippen LogP contribution in [0.15, 0.2) is 46.3 Å². The zero-order valence-corrected chi connectivity index (χ0v) is 23.0. The average Bonchev–Trinajstić information content (AvgIpc) is 3.27. The first kappa shape index (κ1) is 27.5. The number of nitrogens with zero attached hydrogens (tertiary/aromatic N) is 2. The number of sulfonamides is 1. The van der Waals surface area contributed by atoms with Gasteiger partial charge in [-0.3, -0.25) is 4.72 Å². The molecule has 42 heavy (non-hydrogen) atoms. The first-order valence-corrected chi connectivity index (χ1v) is 14.5. The number of ether oxygens (including phenoxy) is 2. The molecule has 0 spiro atoms. The van der Waals surface area contributed by atoms with Gasteiger partial charge in [-0.15, -0.1) is 0 Å². The lowest BCUT2D eigenvalue weighted by molar-refractivity contribution is -0.273. The van der Waals surface area contributed by atoms with E-state index in [0.29, 0.717) is 11.8 Å². The fourth-order valence-electron chi connectivity index (χ4n) is 4.43. The normalized spacial score (nSPS) is 19.4. The summed E-state index contributed by atoms with van der Waals surface area (Å²) in [6.45, 7) is 1.61. The molecule has 1 aliphatic carbocycles. The quantitative estimate of drug-likeness (QED) is 0.365. The number of pyridine rings is 1. The Morgan fingerprint density at radius 2 is 1.74 bits per heavy atom. The van der Waals surface area contributed by atoms with Crippen LogP contribution in [0.1, 0.15) is 33.0 Å². The van der Waals surface area contributed by atoms with Crippen molar-refractivity contribution in [2.24, 2.45) is 0 Å². The third-order valence-electron chi connectivity index (χ3n) is 6.60. The number of aromatic nitrogens is 2. The Bertz CT molecular complexity index is 1840. The molecule has 0 saturated heterocycles. The minimum Gasteiger partial charge on any atom is -0.479 e. The summed E-state index contributed by atoms with van der Waals surface area (Å²) in [6.07, 6.45) is -13.7. The number of rotatable bonds is 7. The molecule has 0 saturated carbocycles. The van der Waals surface area contributed by atoms with Crippen molar-refractivity contribution in [3.05, 3.63) is 64.9 Å². The van der Waals surface area contributed by atoms with E-state index < -0.39 is 108 Å². The molecule has 2 aromatic heterocycles. The van der Waals surface area contributed by atoms with Gasteiger partial charge in [0.1, 0.15) is 10.6 Å². The van der Waals surface area contributed by atoms with Crippen LogP contribution in [-0.2, 0) is 43.8 Å². The molecule has 0 fully saturated rings. The summed E-state index contributed by atoms with van der Waals surface area (Å²) in [6, 6.07) is 5.03. The molecule has 0 radical (unpaired) electrons. The van der Waals surface area contributed by atoms with Crippen molar-refractivity contribution >= 4 is 25.7 Å². The maximum absolute atomic E-state index is 14.4. The van der Waals surface area contributed by atoms with Gasteiger partial charge < -0.3 is 9.47 Å². The Morgan fingerprint density at radius 3 is 2.29 bits per heavy atom. The van der Waals surface area contributed by atoms with E-state index in [-0.39, 0.29) is 10.0 Å². The van der Waals surface area contributed by atoms with Gasteiger partial charge in [0.15, 0.2) is 17.1 Å². The maximum Gasteiger partial charge on any atom is 0.436 e. The number of fused-ring (bicyclic) bond motifs is 1. The number of aryl methyl sites for hydroxylation is 1. The average molecular weight is 649 g/mol. The van der Waals surface area contributed by atoms with E-state index in [0.717, 1.165) is 19.2 Å². The van der Waals surface area contributed by atoms with Crippen molar-refractivity contribution in [1.82, 2.24) is 8.96 Å². The monoisotopic (exact) mass is 648 g/mol. The molecule has 1 aromatic carbocycles. The zero-order valence-electron chi connectivity index (χ0n) is 24.4. The number of halogens is 7. The molecule has 18 heteroatoms. The number of alkyl halides is 6. The van der Waals surface area contributed by atoms with Gasteiger partial charge in [-0.25, -0.2) is 30.2 Å². The van der Waals surface area contributed by atoms with Crippen molar-refractivity contribution in [2.45, 2.75) is 53.9 Å². The van der Waals surface area contributed by atoms with E-state index in [1.807, 2.05) is 0 Å². The van der Waals surface area contributed by atoms with Crippen LogP contribution in [0.3, 0.4) is 0 Å². The van der Waals surface area contributed by atoms with Crippen LogP contribution in [0, 0.1) is 12.7 Å². The van der Waals surface area contributed by atoms with Gasteiger partial charge in [0.05, 0.1) is 16.1 Å². The number of nitrogens with one attached hydrogen (secondary N) is 1. The maximum atomic E-state index is 14.4. The Labute approximate surface area is 239 Å². The Balaban J connectivity index is 1.94. The van der Waals surface area contributed by atoms with Crippen LogP contribution in [-0.4, -0.2) is 51.7 Å². The van der Waals surface area contributed by atoms with Crippen LogP contribution in [0.2, 0.25) is 0 Å².